The van der Waals surface area contributed by atoms with Crippen molar-refractivity contribution in [3.63, 3.8) is 0 Å². The summed E-state index contributed by atoms with van der Waals surface area (Å²) in [6, 6.07) is 10.3. The lowest BCUT2D eigenvalue weighted by atomic mass is 10.2. The number of nitrogens with one attached hydrogen (secondary N) is 1. The van der Waals surface area contributed by atoms with Crippen LogP contribution < -0.4 is 10.5 Å². The molecule has 0 heterocycles. The summed E-state index contributed by atoms with van der Waals surface area (Å²) >= 11 is 7.52. The molecule has 0 atom stereocenters. The van der Waals surface area contributed by atoms with Crippen LogP contribution in [0.3, 0.4) is 0 Å². The molecule has 0 saturated carbocycles. The number of hydrogen-bond donors (Lipinski definition) is 2. The predicted molar refractivity (Wildman–Crippen MR) is 89.0 cm³/mol. The summed E-state index contributed by atoms with van der Waals surface area (Å²) in [5, 5.41) is 0.469. The summed E-state index contributed by atoms with van der Waals surface area (Å²) in [7, 11) is -3.76. The number of carbonyl (C=O) groups excluding carboxylic acids is 1. The Labute approximate surface area is 137 Å². The molecule has 0 aliphatic carbocycles. The minimum Gasteiger partial charge on any atom is -0.366 e. The lowest BCUT2D eigenvalue weighted by Gasteiger charge is -2.10. The molecule has 0 aliphatic heterocycles. The molecule has 0 radical (unpaired) electrons. The van der Waals surface area contributed by atoms with Gasteiger partial charge in [-0.05, 0) is 48.7 Å². The minimum atomic E-state index is -3.76. The summed E-state index contributed by atoms with van der Waals surface area (Å²) in [5.41, 5.74) is 5.72. The topological polar surface area (TPSA) is 89.3 Å². The Morgan fingerprint density at radius 2 is 1.82 bits per heavy atom. The number of hydrogen-bond acceptors (Lipinski definition) is 4. The fourth-order valence-electron chi connectivity index (χ4n) is 1.74. The Hall–Kier alpha value is -1.70. The zero-order valence-electron chi connectivity index (χ0n) is 11.5. The van der Waals surface area contributed by atoms with Gasteiger partial charge >= 0.3 is 0 Å². The summed E-state index contributed by atoms with van der Waals surface area (Å²) in [6.07, 6.45) is 1.88. The second kappa shape index (κ2) is 6.60. The molecule has 0 bridgehead atoms. The van der Waals surface area contributed by atoms with Crippen LogP contribution in [0.4, 0.5) is 5.69 Å². The zero-order chi connectivity index (χ0) is 16.3. The smallest absolute Gasteiger partial charge is 0.261 e. The number of nitrogens with two attached hydrogens (primary N) is 1. The number of thioether (sulfide) groups is 1. The molecular formula is C14H13ClN2O3S2. The predicted octanol–water partition coefficient (Wildman–Crippen LogP) is 2.96. The Kier molecular flexibility index (Phi) is 5.00. The SMILES string of the molecule is CSc1ccc(NS(=O)(=O)c2ccc(C(N)=O)cc2)cc1Cl. The summed E-state index contributed by atoms with van der Waals surface area (Å²) in [5.74, 6) is -0.614. The fraction of sp³-hybridized carbons (Fsp3) is 0.0714. The first-order valence-corrected chi connectivity index (χ1v) is 9.18. The van der Waals surface area contributed by atoms with Crippen molar-refractivity contribution in [1.29, 1.82) is 0 Å². The van der Waals surface area contributed by atoms with Gasteiger partial charge < -0.3 is 5.73 Å². The summed E-state index contributed by atoms with van der Waals surface area (Å²) < 4.78 is 27.0. The maximum Gasteiger partial charge on any atom is 0.261 e. The van der Waals surface area contributed by atoms with Crippen LogP contribution in [0.5, 0.6) is 0 Å². The number of benzene rings is 2. The molecule has 8 heteroatoms. The molecule has 2 aromatic rings. The third-order valence-corrected chi connectivity index (χ3v) is 5.47. The maximum atomic E-state index is 12.3. The second-order valence-electron chi connectivity index (χ2n) is 4.34. The minimum absolute atomic E-state index is 0.0302. The van der Waals surface area contributed by atoms with Crippen molar-refractivity contribution in [2.24, 2.45) is 5.73 Å². The van der Waals surface area contributed by atoms with Crippen molar-refractivity contribution in [2.75, 3.05) is 11.0 Å². The van der Waals surface area contributed by atoms with Gasteiger partial charge in [-0.3, -0.25) is 9.52 Å². The highest BCUT2D eigenvalue weighted by atomic mass is 35.5. The average Bonchev–Trinajstić information content (AvgIpc) is 2.47. The molecular weight excluding hydrogens is 344 g/mol. The van der Waals surface area contributed by atoms with Gasteiger partial charge in [0.2, 0.25) is 5.91 Å². The van der Waals surface area contributed by atoms with E-state index in [0.717, 1.165) is 4.90 Å². The van der Waals surface area contributed by atoms with Crippen molar-refractivity contribution in [2.45, 2.75) is 9.79 Å². The van der Waals surface area contributed by atoms with Gasteiger partial charge in [0.1, 0.15) is 0 Å². The normalized spacial score (nSPS) is 11.2. The molecule has 5 nitrogen and oxygen atoms in total. The molecule has 0 aromatic heterocycles. The van der Waals surface area contributed by atoms with Gasteiger partial charge in [0, 0.05) is 10.5 Å². The van der Waals surface area contributed by atoms with E-state index in [9.17, 15) is 13.2 Å². The fourth-order valence-corrected chi connectivity index (χ4v) is 3.66. The van der Waals surface area contributed by atoms with E-state index in [1.54, 1.807) is 18.2 Å². The van der Waals surface area contributed by atoms with E-state index in [0.29, 0.717) is 10.7 Å². The van der Waals surface area contributed by atoms with Gasteiger partial charge in [0.05, 0.1) is 15.6 Å². The number of amides is 1. The van der Waals surface area contributed by atoms with Gasteiger partial charge in [0.15, 0.2) is 0 Å². The Balaban J connectivity index is 2.27. The highest BCUT2D eigenvalue weighted by Crippen LogP contribution is 2.29. The quantitative estimate of drug-likeness (QED) is 0.806. The van der Waals surface area contributed by atoms with Gasteiger partial charge in [-0.15, -0.1) is 11.8 Å². The van der Waals surface area contributed by atoms with Crippen LogP contribution in [0.15, 0.2) is 52.3 Å². The average molecular weight is 357 g/mol. The number of anilines is 1. The molecule has 0 spiro atoms. The molecule has 2 aromatic carbocycles. The molecule has 0 fully saturated rings. The van der Waals surface area contributed by atoms with Crippen LogP contribution in [0.1, 0.15) is 10.4 Å². The Bertz CT molecular complexity index is 805. The molecule has 116 valence electrons. The van der Waals surface area contributed by atoms with Crippen molar-refractivity contribution >= 4 is 45.0 Å². The molecule has 0 aliphatic rings. The number of rotatable bonds is 5. The summed E-state index contributed by atoms with van der Waals surface area (Å²) in [4.78, 5) is 11.9. The van der Waals surface area contributed by atoms with E-state index in [1.165, 1.54) is 36.0 Å². The summed E-state index contributed by atoms with van der Waals surface area (Å²) in [6.45, 7) is 0. The third kappa shape index (κ3) is 3.73. The van der Waals surface area contributed by atoms with Gasteiger partial charge in [-0.25, -0.2) is 8.42 Å². The first-order valence-electron chi connectivity index (χ1n) is 6.10. The number of carbonyl (C=O) groups is 1. The monoisotopic (exact) mass is 356 g/mol. The van der Waals surface area contributed by atoms with E-state index in [1.807, 2.05) is 6.26 Å². The van der Waals surface area contributed by atoms with E-state index < -0.39 is 15.9 Å². The van der Waals surface area contributed by atoms with E-state index in [-0.39, 0.29) is 10.5 Å². The van der Waals surface area contributed by atoms with Gasteiger partial charge in [-0.1, -0.05) is 11.6 Å². The molecule has 3 N–H and O–H groups in total. The lowest BCUT2D eigenvalue weighted by molar-refractivity contribution is 0.1000. The Morgan fingerprint density at radius 1 is 1.18 bits per heavy atom. The number of primary amides is 1. The highest BCUT2D eigenvalue weighted by molar-refractivity contribution is 7.98. The molecule has 2 rings (SSSR count). The van der Waals surface area contributed by atoms with Crippen LogP contribution in [-0.2, 0) is 10.0 Å². The Morgan fingerprint density at radius 3 is 2.32 bits per heavy atom. The first kappa shape index (κ1) is 16.7. The largest absolute Gasteiger partial charge is 0.366 e. The van der Waals surface area contributed by atoms with Crippen molar-refractivity contribution < 1.29 is 13.2 Å². The first-order chi connectivity index (χ1) is 10.3. The lowest BCUT2D eigenvalue weighted by Crippen LogP contribution is -2.14. The van der Waals surface area contributed by atoms with Crippen molar-refractivity contribution in [1.82, 2.24) is 0 Å². The van der Waals surface area contributed by atoms with Crippen LogP contribution in [0.2, 0.25) is 5.02 Å². The van der Waals surface area contributed by atoms with Gasteiger partial charge in [0.25, 0.3) is 10.0 Å². The molecule has 22 heavy (non-hydrogen) atoms. The second-order valence-corrected chi connectivity index (χ2v) is 7.28. The highest BCUT2D eigenvalue weighted by Gasteiger charge is 2.15. The zero-order valence-corrected chi connectivity index (χ0v) is 13.9. The van der Waals surface area contributed by atoms with E-state index >= 15 is 0 Å². The van der Waals surface area contributed by atoms with Gasteiger partial charge in [-0.2, -0.15) is 0 Å². The van der Waals surface area contributed by atoms with Crippen LogP contribution in [0, 0.1) is 0 Å². The number of halogens is 1. The van der Waals surface area contributed by atoms with Crippen LogP contribution in [0.25, 0.3) is 0 Å². The van der Waals surface area contributed by atoms with Crippen molar-refractivity contribution in [3.8, 4) is 0 Å². The standard InChI is InChI=1S/C14H13ClN2O3S2/c1-21-13-7-4-10(8-12(13)15)17-22(19,20)11-5-2-9(3-6-11)14(16)18/h2-8,17H,1H3,(H2,16,18). The van der Waals surface area contributed by atoms with E-state index in [2.05, 4.69) is 4.72 Å². The maximum absolute atomic E-state index is 12.3. The molecule has 0 unspecified atom stereocenters. The van der Waals surface area contributed by atoms with Crippen LogP contribution in [-0.4, -0.2) is 20.6 Å². The molecule has 1 amide bonds. The van der Waals surface area contributed by atoms with E-state index in [4.69, 9.17) is 17.3 Å². The number of sulfonamides is 1. The third-order valence-electron chi connectivity index (χ3n) is 2.85. The molecule has 0 saturated heterocycles. The van der Waals surface area contributed by atoms with Crippen LogP contribution >= 0.6 is 23.4 Å². The van der Waals surface area contributed by atoms with Crippen molar-refractivity contribution in [3.05, 3.63) is 53.1 Å².